The van der Waals surface area contributed by atoms with Crippen molar-refractivity contribution in [3.05, 3.63) is 100 Å². The molecule has 2 aliphatic rings. The van der Waals surface area contributed by atoms with Gasteiger partial charge in [0.2, 0.25) is 0 Å². The fraction of sp³-hybridized carbons (Fsp3) is 0.432. The second kappa shape index (κ2) is 14.4. The summed E-state index contributed by atoms with van der Waals surface area (Å²) >= 11 is 0. The number of hydrogen-bond donors (Lipinski definition) is 3. The molecule has 5 N–H and O–H groups in total. The van der Waals surface area contributed by atoms with Gasteiger partial charge in [0.05, 0.1) is 23.7 Å². The number of rotatable bonds is 12. The molecule has 1 aromatic heterocycles. The monoisotopic (exact) mass is 606 g/mol. The molecular formula is C37H46N6O2. The predicted octanol–water partition coefficient (Wildman–Crippen LogP) is 5.97. The molecule has 0 bridgehead atoms. The van der Waals surface area contributed by atoms with Crippen LogP contribution in [-0.2, 0) is 37.2 Å². The molecule has 1 unspecified atom stereocenters. The molecule has 236 valence electrons. The van der Waals surface area contributed by atoms with Crippen LogP contribution in [0, 0.1) is 11.3 Å². The Morgan fingerprint density at radius 1 is 0.889 bits per heavy atom. The molecule has 1 aliphatic carbocycles. The fourth-order valence-electron chi connectivity index (χ4n) is 6.89. The van der Waals surface area contributed by atoms with Crippen LogP contribution in [0.25, 0.3) is 11.0 Å². The number of benzene rings is 3. The summed E-state index contributed by atoms with van der Waals surface area (Å²) in [6.07, 6.45) is 10.0. The van der Waals surface area contributed by atoms with Gasteiger partial charge in [0, 0.05) is 43.8 Å². The number of aryl methyl sites for hydroxylation is 2. The second-order valence-electron chi connectivity index (χ2n) is 12.8. The molecule has 45 heavy (non-hydrogen) atoms. The molecule has 8 nitrogen and oxygen atoms in total. The zero-order valence-corrected chi connectivity index (χ0v) is 26.2. The maximum Gasteiger partial charge on any atom is 0.254 e. The summed E-state index contributed by atoms with van der Waals surface area (Å²) in [5.41, 5.74) is 18.2. The summed E-state index contributed by atoms with van der Waals surface area (Å²) in [5, 5.41) is 7.67. The van der Waals surface area contributed by atoms with Crippen LogP contribution in [0.3, 0.4) is 0 Å². The van der Waals surface area contributed by atoms with Crippen LogP contribution in [0.1, 0.15) is 83.4 Å². The number of carbonyl (C=O) groups is 1. The Bertz CT molecular complexity index is 1600. The largest absolute Gasteiger partial charge is 0.384 e. The first-order chi connectivity index (χ1) is 22.0. The number of nitrogens with zero attached hydrogens (tertiary/aromatic N) is 3. The molecule has 2 fully saturated rings. The van der Waals surface area contributed by atoms with E-state index in [1.54, 1.807) is 0 Å². The number of hydrogen-bond acceptors (Lipinski definition) is 5. The highest BCUT2D eigenvalue weighted by Gasteiger charge is 2.24. The smallest absolute Gasteiger partial charge is 0.254 e. The Balaban J connectivity index is 1.26. The summed E-state index contributed by atoms with van der Waals surface area (Å²) in [5.74, 6) is 1.68. The van der Waals surface area contributed by atoms with E-state index in [0.29, 0.717) is 24.6 Å². The highest BCUT2D eigenvalue weighted by atomic mass is 16.5. The zero-order valence-electron chi connectivity index (χ0n) is 26.2. The fourth-order valence-corrected chi connectivity index (χ4v) is 6.89. The minimum Gasteiger partial charge on any atom is -0.384 e. The van der Waals surface area contributed by atoms with Crippen molar-refractivity contribution in [3.63, 3.8) is 0 Å². The maximum atomic E-state index is 14.2. The van der Waals surface area contributed by atoms with E-state index in [4.69, 9.17) is 26.6 Å². The molecule has 1 saturated carbocycles. The van der Waals surface area contributed by atoms with Crippen molar-refractivity contribution in [1.82, 2.24) is 14.5 Å². The van der Waals surface area contributed by atoms with E-state index in [2.05, 4.69) is 34.9 Å². The molecule has 1 amide bonds. The maximum absolute atomic E-state index is 14.2. The standard InChI is InChI=1S/C37H46N6O2/c38-22-27-8-10-29(11-9-27)24-42(23-28-5-2-1-3-6-28)37(44)31-17-18-34-33(21-31)41-35(43(34)25-32-7-4-20-45-32)19-14-26-12-15-30(16-13-26)36(39)40/h8-13,15-18,21,28,32H,1-7,14,19-20,22-25,38H2,(H3,39,40). The first kappa shape index (κ1) is 31.0. The Kier molecular flexibility index (Phi) is 9.91. The molecule has 4 aromatic rings. The van der Waals surface area contributed by atoms with E-state index in [1.807, 2.05) is 41.3 Å². The summed E-state index contributed by atoms with van der Waals surface area (Å²) in [6.45, 7) is 3.43. The van der Waals surface area contributed by atoms with Crippen molar-refractivity contribution in [3.8, 4) is 0 Å². The van der Waals surface area contributed by atoms with Crippen molar-refractivity contribution in [2.24, 2.45) is 17.4 Å². The van der Waals surface area contributed by atoms with Crippen molar-refractivity contribution in [2.45, 2.75) is 83.5 Å². The highest BCUT2D eigenvalue weighted by molar-refractivity contribution is 5.97. The van der Waals surface area contributed by atoms with E-state index in [9.17, 15) is 4.79 Å². The van der Waals surface area contributed by atoms with Gasteiger partial charge in [-0.1, -0.05) is 67.8 Å². The number of amidine groups is 1. The lowest BCUT2D eigenvalue weighted by Crippen LogP contribution is -2.35. The van der Waals surface area contributed by atoms with E-state index < -0.39 is 0 Å². The quantitative estimate of drug-likeness (QED) is 0.136. The van der Waals surface area contributed by atoms with Gasteiger partial charge >= 0.3 is 0 Å². The molecule has 2 heterocycles. The minimum absolute atomic E-state index is 0.0613. The van der Waals surface area contributed by atoms with E-state index in [0.717, 1.165) is 78.9 Å². The van der Waals surface area contributed by atoms with E-state index >= 15 is 0 Å². The van der Waals surface area contributed by atoms with Crippen molar-refractivity contribution >= 4 is 22.8 Å². The number of fused-ring (bicyclic) bond motifs is 1. The van der Waals surface area contributed by atoms with Gasteiger partial charge in [-0.3, -0.25) is 10.2 Å². The van der Waals surface area contributed by atoms with Gasteiger partial charge in [-0.25, -0.2) is 4.98 Å². The highest BCUT2D eigenvalue weighted by Crippen LogP contribution is 2.27. The van der Waals surface area contributed by atoms with Crippen LogP contribution in [0.5, 0.6) is 0 Å². The lowest BCUT2D eigenvalue weighted by atomic mass is 9.88. The van der Waals surface area contributed by atoms with Gasteiger partial charge in [-0.2, -0.15) is 0 Å². The van der Waals surface area contributed by atoms with Crippen LogP contribution in [0.4, 0.5) is 0 Å². The van der Waals surface area contributed by atoms with Crippen LogP contribution >= 0.6 is 0 Å². The molecule has 1 saturated heterocycles. The topological polar surface area (TPSA) is 123 Å². The molecule has 0 spiro atoms. The Morgan fingerprint density at radius 3 is 2.29 bits per heavy atom. The van der Waals surface area contributed by atoms with Gasteiger partial charge in [0.15, 0.2) is 0 Å². The molecule has 0 radical (unpaired) electrons. The first-order valence-corrected chi connectivity index (χ1v) is 16.6. The number of nitrogen functional groups attached to an aromatic ring is 1. The lowest BCUT2D eigenvalue weighted by Gasteiger charge is -2.30. The Morgan fingerprint density at radius 2 is 1.60 bits per heavy atom. The molecule has 1 atom stereocenters. The third kappa shape index (κ3) is 7.63. The van der Waals surface area contributed by atoms with Gasteiger partial charge < -0.3 is 25.7 Å². The predicted molar refractivity (Wildman–Crippen MR) is 179 cm³/mol. The van der Waals surface area contributed by atoms with Gasteiger partial charge in [0.25, 0.3) is 5.91 Å². The molecule has 1 aliphatic heterocycles. The van der Waals surface area contributed by atoms with Gasteiger partial charge in [-0.05, 0) is 72.9 Å². The number of amides is 1. The average Bonchev–Trinajstić information content (AvgIpc) is 3.72. The Hall–Kier alpha value is -4.01. The molecule has 3 aromatic carbocycles. The van der Waals surface area contributed by atoms with Crippen LogP contribution < -0.4 is 11.5 Å². The van der Waals surface area contributed by atoms with Crippen LogP contribution in [0.15, 0.2) is 66.7 Å². The van der Waals surface area contributed by atoms with Crippen molar-refractivity contribution in [1.29, 1.82) is 5.41 Å². The first-order valence-electron chi connectivity index (χ1n) is 16.6. The van der Waals surface area contributed by atoms with Crippen molar-refractivity contribution in [2.75, 3.05) is 13.2 Å². The van der Waals surface area contributed by atoms with E-state index in [-0.39, 0.29) is 17.8 Å². The zero-order chi connectivity index (χ0) is 31.2. The number of nitrogens with one attached hydrogen (secondary N) is 1. The van der Waals surface area contributed by atoms with Crippen molar-refractivity contribution < 1.29 is 9.53 Å². The lowest BCUT2D eigenvalue weighted by molar-refractivity contribution is 0.0699. The van der Waals surface area contributed by atoms with Gasteiger partial charge in [-0.15, -0.1) is 0 Å². The number of imidazole rings is 1. The SMILES string of the molecule is N=C(N)c1ccc(CCc2nc3cc(C(=O)N(Cc4ccc(CN)cc4)CC4CCCCC4)ccc3n2CC2CCCO2)cc1. The molecule has 6 rings (SSSR count). The summed E-state index contributed by atoms with van der Waals surface area (Å²) in [4.78, 5) is 21.3. The third-order valence-corrected chi connectivity index (χ3v) is 9.51. The third-order valence-electron chi connectivity index (χ3n) is 9.51. The Labute approximate surface area is 266 Å². The number of ether oxygens (including phenoxy) is 1. The number of nitrogens with two attached hydrogens (primary N) is 2. The van der Waals surface area contributed by atoms with E-state index in [1.165, 1.54) is 37.7 Å². The summed E-state index contributed by atoms with van der Waals surface area (Å²) in [6, 6.07) is 22.2. The number of aromatic nitrogens is 2. The minimum atomic E-state index is 0.0613. The normalized spacial score (nSPS) is 17.1. The summed E-state index contributed by atoms with van der Waals surface area (Å²) < 4.78 is 8.31. The van der Waals surface area contributed by atoms with Crippen LogP contribution in [-0.4, -0.2) is 45.4 Å². The van der Waals surface area contributed by atoms with Crippen LogP contribution in [0.2, 0.25) is 0 Å². The van der Waals surface area contributed by atoms with Gasteiger partial charge in [0.1, 0.15) is 11.7 Å². The second-order valence-corrected chi connectivity index (χ2v) is 12.8. The summed E-state index contributed by atoms with van der Waals surface area (Å²) in [7, 11) is 0. The molecule has 8 heteroatoms. The number of carbonyl (C=O) groups excluding carboxylic acids is 1. The average molecular weight is 607 g/mol. The molecular weight excluding hydrogens is 560 g/mol.